The second-order valence-electron chi connectivity index (χ2n) is 4.66. The summed E-state index contributed by atoms with van der Waals surface area (Å²) in [5.74, 6) is 0. The first-order valence-electron chi connectivity index (χ1n) is 6.46. The zero-order chi connectivity index (χ0) is 14.1. The van der Waals surface area contributed by atoms with Crippen molar-refractivity contribution in [1.29, 1.82) is 0 Å². The highest BCUT2D eigenvalue weighted by molar-refractivity contribution is 5.60. The van der Waals surface area contributed by atoms with Gasteiger partial charge in [0.15, 0.2) is 0 Å². The van der Waals surface area contributed by atoms with Crippen molar-refractivity contribution < 1.29 is 0 Å². The fourth-order valence-corrected chi connectivity index (χ4v) is 1.76. The first-order valence-corrected chi connectivity index (χ1v) is 6.46. The van der Waals surface area contributed by atoms with E-state index in [-0.39, 0.29) is 5.41 Å². The molecule has 0 saturated carbocycles. The third-order valence-corrected chi connectivity index (χ3v) is 3.15. The van der Waals surface area contributed by atoms with Crippen molar-refractivity contribution in [2.75, 3.05) is 0 Å². The Hall–Kier alpha value is -2.08. The zero-order valence-electron chi connectivity index (χ0n) is 11.7. The zero-order valence-corrected chi connectivity index (χ0v) is 11.7. The molecule has 0 aliphatic heterocycles. The summed E-state index contributed by atoms with van der Waals surface area (Å²) in [4.78, 5) is 0. The van der Waals surface area contributed by atoms with Gasteiger partial charge in [-0.2, -0.15) is 0 Å². The van der Waals surface area contributed by atoms with Crippen LogP contribution in [0.1, 0.15) is 18.9 Å². The fraction of sp³-hybridized carbons (Fsp3) is 0.158. The summed E-state index contributed by atoms with van der Waals surface area (Å²) in [5.41, 5.74) is 2.36. The molecule has 0 fully saturated rings. The van der Waals surface area contributed by atoms with Crippen molar-refractivity contribution in [1.82, 2.24) is 0 Å². The van der Waals surface area contributed by atoms with Crippen molar-refractivity contribution in [2.45, 2.75) is 13.3 Å². The van der Waals surface area contributed by atoms with Crippen LogP contribution >= 0.6 is 0 Å². The average molecular weight is 250 g/mol. The molecule has 0 heteroatoms. The molecule has 1 aliphatic rings. The summed E-state index contributed by atoms with van der Waals surface area (Å²) < 4.78 is 0. The van der Waals surface area contributed by atoms with Gasteiger partial charge >= 0.3 is 0 Å². The predicted molar refractivity (Wildman–Crippen MR) is 86.9 cm³/mol. The van der Waals surface area contributed by atoms with Gasteiger partial charge in [-0.1, -0.05) is 78.9 Å². The van der Waals surface area contributed by atoms with Crippen LogP contribution < -0.4 is 0 Å². The Labute approximate surface area is 117 Å². The Morgan fingerprint density at radius 1 is 1.11 bits per heavy atom. The van der Waals surface area contributed by atoms with Crippen molar-refractivity contribution >= 4 is 5.57 Å². The smallest absolute Gasteiger partial charge is 0.0274 e. The van der Waals surface area contributed by atoms with Crippen LogP contribution in [0.15, 0.2) is 86.5 Å². The van der Waals surface area contributed by atoms with Gasteiger partial charge in [-0.05, 0) is 18.9 Å². The van der Waals surface area contributed by atoms with E-state index in [1.165, 1.54) is 5.56 Å². The van der Waals surface area contributed by atoms with Crippen LogP contribution in [-0.4, -0.2) is 0 Å². The molecular formula is C19H22. The van der Waals surface area contributed by atoms with Crippen LogP contribution in [0.25, 0.3) is 5.57 Å². The molecule has 0 saturated heterocycles. The van der Waals surface area contributed by atoms with Gasteiger partial charge in [0.05, 0.1) is 0 Å². The average Bonchev–Trinajstić information content (AvgIpc) is 2.49. The SMILES string of the molecule is C=C(C)c1ccccc1.C=CC1(C=C)C=CC=CC1. The topological polar surface area (TPSA) is 0 Å². The number of hydrogen-bond donors (Lipinski definition) is 0. The lowest BCUT2D eigenvalue weighted by Crippen LogP contribution is -2.10. The molecule has 0 unspecified atom stereocenters. The highest BCUT2D eigenvalue weighted by atomic mass is 14.2. The molecule has 0 N–H and O–H groups in total. The highest BCUT2D eigenvalue weighted by Crippen LogP contribution is 2.29. The van der Waals surface area contributed by atoms with Crippen LogP contribution in [0.3, 0.4) is 0 Å². The third kappa shape index (κ3) is 4.59. The molecule has 0 radical (unpaired) electrons. The normalized spacial score (nSPS) is 15.0. The standard InChI is InChI=1S/C10H12.C9H10/c1-3-10(4-2)8-6-5-7-9-10;1-8(2)9-6-4-3-5-7-9/h3-8H,1-2,9H2;3-7H,1H2,2H3. The molecular weight excluding hydrogens is 228 g/mol. The molecule has 98 valence electrons. The van der Waals surface area contributed by atoms with Crippen molar-refractivity contribution in [3.63, 3.8) is 0 Å². The van der Waals surface area contributed by atoms with Crippen LogP contribution in [0, 0.1) is 5.41 Å². The second kappa shape index (κ2) is 7.38. The molecule has 0 spiro atoms. The Bertz CT molecular complexity index is 478. The second-order valence-corrected chi connectivity index (χ2v) is 4.66. The Morgan fingerprint density at radius 3 is 2.05 bits per heavy atom. The number of benzene rings is 1. The van der Waals surface area contributed by atoms with Crippen LogP contribution in [0.2, 0.25) is 0 Å². The maximum absolute atomic E-state index is 3.83. The minimum absolute atomic E-state index is 0.0226. The number of allylic oxidation sites excluding steroid dienone is 7. The molecule has 1 aliphatic carbocycles. The van der Waals surface area contributed by atoms with E-state index in [4.69, 9.17) is 0 Å². The molecule has 0 atom stereocenters. The van der Waals surface area contributed by atoms with Gasteiger partial charge in [-0.25, -0.2) is 0 Å². The third-order valence-electron chi connectivity index (χ3n) is 3.15. The molecule has 2 rings (SSSR count). The van der Waals surface area contributed by atoms with E-state index < -0.39 is 0 Å². The van der Waals surface area contributed by atoms with Gasteiger partial charge in [0.1, 0.15) is 0 Å². The molecule has 0 heterocycles. The minimum atomic E-state index is 0.0226. The van der Waals surface area contributed by atoms with E-state index in [9.17, 15) is 0 Å². The lowest BCUT2D eigenvalue weighted by molar-refractivity contribution is 0.638. The first kappa shape index (κ1) is 15.0. The summed E-state index contributed by atoms with van der Waals surface area (Å²) in [6.45, 7) is 13.4. The molecule has 0 amide bonds. The van der Waals surface area contributed by atoms with Gasteiger partial charge in [0, 0.05) is 5.41 Å². The van der Waals surface area contributed by atoms with Crippen molar-refractivity contribution in [2.24, 2.45) is 5.41 Å². The molecule has 0 aromatic heterocycles. The van der Waals surface area contributed by atoms with Crippen LogP contribution in [-0.2, 0) is 0 Å². The lowest BCUT2D eigenvalue weighted by atomic mass is 9.82. The first-order chi connectivity index (χ1) is 9.13. The molecule has 1 aromatic carbocycles. The minimum Gasteiger partial charge on any atom is -0.102 e. The van der Waals surface area contributed by atoms with Gasteiger partial charge in [-0.3, -0.25) is 0 Å². The molecule has 19 heavy (non-hydrogen) atoms. The van der Waals surface area contributed by atoms with Gasteiger partial charge in [0.25, 0.3) is 0 Å². The number of rotatable bonds is 3. The van der Waals surface area contributed by atoms with E-state index in [0.717, 1.165) is 12.0 Å². The highest BCUT2D eigenvalue weighted by Gasteiger charge is 2.17. The molecule has 1 aromatic rings. The van der Waals surface area contributed by atoms with E-state index in [1.54, 1.807) is 0 Å². The maximum atomic E-state index is 3.83. The summed E-state index contributed by atoms with van der Waals surface area (Å²) in [7, 11) is 0. The number of hydrogen-bond acceptors (Lipinski definition) is 0. The van der Waals surface area contributed by atoms with E-state index >= 15 is 0 Å². The van der Waals surface area contributed by atoms with E-state index in [0.29, 0.717) is 0 Å². The van der Waals surface area contributed by atoms with E-state index in [1.807, 2.05) is 49.4 Å². The fourth-order valence-electron chi connectivity index (χ4n) is 1.76. The lowest BCUT2D eigenvalue weighted by Gasteiger charge is -2.22. The van der Waals surface area contributed by atoms with Crippen molar-refractivity contribution in [3.05, 3.63) is 92.1 Å². The monoisotopic (exact) mass is 250 g/mol. The van der Waals surface area contributed by atoms with Crippen LogP contribution in [0.4, 0.5) is 0 Å². The maximum Gasteiger partial charge on any atom is 0.0274 e. The molecule has 0 nitrogen and oxygen atoms in total. The largest absolute Gasteiger partial charge is 0.102 e. The Kier molecular flexibility index (Phi) is 5.81. The quantitative estimate of drug-likeness (QED) is 0.614. The van der Waals surface area contributed by atoms with E-state index in [2.05, 4.69) is 44.0 Å². The Balaban J connectivity index is 0.000000191. The van der Waals surface area contributed by atoms with Gasteiger partial charge < -0.3 is 0 Å². The summed E-state index contributed by atoms with van der Waals surface area (Å²) in [6, 6.07) is 10.2. The van der Waals surface area contributed by atoms with Crippen molar-refractivity contribution in [3.8, 4) is 0 Å². The Morgan fingerprint density at radius 2 is 1.74 bits per heavy atom. The van der Waals surface area contributed by atoms with Gasteiger partial charge in [0.2, 0.25) is 0 Å². The summed E-state index contributed by atoms with van der Waals surface area (Å²) in [5, 5.41) is 0. The summed E-state index contributed by atoms with van der Waals surface area (Å²) >= 11 is 0. The van der Waals surface area contributed by atoms with Gasteiger partial charge in [-0.15, -0.1) is 13.2 Å². The van der Waals surface area contributed by atoms with Crippen LogP contribution in [0.5, 0.6) is 0 Å². The predicted octanol–water partition coefficient (Wildman–Crippen LogP) is 5.58. The molecule has 0 bridgehead atoms. The summed E-state index contributed by atoms with van der Waals surface area (Å²) in [6.07, 6.45) is 13.2.